The Hall–Kier alpha value is -0.360. The molecule has 1 aliphatic rings. The second kappa shape index (κ2) is 4.44. The number of rotatable bonds is 3. The fraction of sp³-hybridized carbons (Fsp3) is 0.556. The maximum atomic E-state index is 5.58. The third kappa shape index (κ3) is 2.17. The van der Waals surface area contributed by atoms with Crippen LogP contribution in [-0.4, -0.2) is 19.3 Å². The molecule has 2 N–H and O–H groups in total. The first-order valence-electron chi connectivity index (χ1n) is 4.52. The van der Waals surface area contributed by atoms with Crippen molar-refractivity contribution in [3.63, 3.8) is 0 Å². The van der Waals surface area contributed by atoms with E-state index >= 15 is 0 Å². The molecule has 0 aliphatic carbocycles. The van der Waals surface area contributed by atoms with E-state index in [0.717, 1.165) is 6.42 Å². The quantitative estimate of drug-likeness (QED) is 0.902. The highest BCUT2D eigenvalue weighted by Gasteiger charge is 2.28. The predicted octanol–water partition coefficient (Wildman–Crippen LogP) is 1.80. The van der Waals surface area contributed by atoms with Crippen LogP contribution in [-0.2, 0) is 9.47 Å². The van der Waals surface area contributed by atoms with Crippen molar-refractivity contribution in [3.8, 4) is 0 Å². The molecule has 1 fully saturated rings. The van der Waals surface area contributed by atoms with Gasteiger partial charge in [-0.3, -0.25) is 0 Å². The van der Waals surface area contributed by atoms with Gasteiger partial charge < -0.3 is 19.6 Å². The maximum absolute atomic E-state index is 5.58. The van der Waals surface area contributed by atoms with Gasteiger partial charge in [-0.2, -0.15) is 0 Å². The van der Waals surface area contributed by atoms with Gasteiger partial charge in [0.2, 0.25) is 6.29 Å². The number of hydrogen-bond donors (Lipinski definition) is 1. The summed E-state index contributed by atoms with van der Waals surface area (Å²) in [6, 6.07) is 3.65. The molecule has 0 radical (unpaired) electrons. The maximum Gasteiger partial charge on any atom is 0.217 e. The number of hydrogen-bond acceptors (Lipinski definition) is 4. The van der Waals surface area contributed by atoms with E-state index in [4.69, 9.17) is 19.6 Å². The molecule has 0 aromatic carbocycles. The molecule has 0 bridgehead atoms. The van der Waals surface area contributed by atoms with Crippen molar-refractivity contribution >= 4 is 15.9 Å². The van der Waals surface area contributed by atoms with Crippen LogP contribution in [0.2, 0.25) is 0 Å². The summed E-state index contributed by atoms with van der Waals surface area (Å²) in [5.74, 6) is 0.691. The lowest BCUT2D eigenvalue weighted by Gasteiger charge is -2.07. The first-order chi connectivity index (χ1) is 6.79. The molecule has 1 aliphatic heterocycles. The van der Waals surface area contributed by atoms with Crippen LogP contribution < -0.4 is 5.73 Å². The average Bonchev–Trinajstić information content (AvgIpc) is 2.74. The Bertz CT molecular complexity index is 302. The Morgan fingerprint density at radius 2 is 2.36 bits per heavy atom. The van der Waals surface area contributed by atoms with E-state index in [-0.39, 0.29) is 12.4 Å². The van der Waals surface area contributed by atoms with E-state index in [1.54, 1.807) is 0 Å². The summed E-state index contributed by atoms with van der Waals surface area (Å²) < 4.78 is 17.0. The van der Waals surface area contributed by atoms with Gasteiger partial charge in [0.05, 0.1) is 12.7 Å². The smallest absolute Gasteiger partial charge is 0.217 e. The van der Waals surface area contributed by atoms with Gasteiger partial charge in [0.15, 0.2) is 10.4 Å². The van der Waals surface area contributed by atoms with E-state index in [1.807, 2.05) is 12.1 Å². The first-order valence-corrected chi connectivity index (χ1v) is 5.31. The van der Waals surface area contributed by atoms with Crippen molar-refractivity contribution in [2.45, 2.75) is 18.8 Å². The Kier molecular flexibility index (Phi) is 3.22. The van der Waals surface area contributed by atoms with Crippen LogP contribution >= 0.6 is 15.9 Å². The lowest BCUT2D eigenvalue weighted by atomic mass is 10.3. The van der Waals surface area contributed by atoms with Gasteiger partial charge in [-0.25, -0.2) is 0 Å². The SMILES string of the molecule is NCCC1COC(c2ccc(Br)o2)O1. The fourth-order valence-electron chi connectivity index (χ4n) is 1.39. The van der Waals surface area contributed by atoms with Crippen LogP contribution in [0.3, 0.4) is 0 Å². The topological polar surface area (TPSA) is 57.6 Å². The number of ether oxygens (including phenoxy) is 2. The van der Waals surface area contributed by atoms with E-state index in [0.29, 0.717) is 23.6 Å². The molecule has 1 aromatic rings. The minimum atomic E-state index is -0.377. The second-order valence-corrected chi connectivity index (χ2v) is 3.92. The minimum Gasteiger partial charge on any atom is -0.449 e. The molecule has 5 heteroatoms. The standard InChI is InChI=1S/C9H12BrNO3/c10-8-2-1-7(14-8)9-12-5-6(13-9)3-4-11/h1-2,6,9H,3-5,11H2. The van der Waals surface area contributed by atoms with Gasteiger partial charge in [0.1, 0.15) is 0 Å². The molecule has 0 saturated carbocycles. The van der Waals surface area contributed by atoms with Gasteiger partial charge in [-0.1, -0.05) is 0 Å². The third-order valence-electron chi connectivity index (χ3n) is 2.06. The van der Waals surface area contributed by atoms with Crippen LogP contribution in [0.25, 0.3) is 0 Å². The van der Waals surface area contributed by atoms with Crippen molar-refractivity contribution in [2.75, 3.05) is 13.2 Å². The van der Waals surface area contributed by atoms with Crippen LogP contribution in [0.5, 0.6) is 0 Å². The third-order valence-corrected chi connectivity index (χ3v) is 2.49. The molecular formula is C9H12BrNO3. The molecule has 2 rings (SSSR count). The summed E-state index contributed by atoms with van der Waals surface area (Å²) in [5, 5.41) is 0. The lowest BCUT2D eigenvalue weighted by molar-refractivity contribution is -0.0747. The number of nitrogens with two attached hydrogens (primary N) is 1. The van der Waals surface area contributed by atoms with Gasteiger partial charge in [-0.15, -0.1) is 0 Å². The molecule has 14 heavy (non-hydrogen) atoms. The number of halogens is 1. The predicted molar refractivity (Wildman–Crippen MR) is 53.6 cm³/mol. The fourth-order valence-corrected chi connectivity index (χ4v) is 1.71. The Labute approximate surface area is 90.5 Å². The summed E-state index contributed by atoms with van der Waals surface area (Å²) in [5.41, 5.74) is 5.43. The summed E-state index contributed by atoms with van der Waals surface area (Å²) in [7, 11) is 0. The Balaban J connectivity index is 1.95. The largest absolute Gasteiger partial charge is 0.449 e. The number of furan rings is 1. The molecule has 1 saturated heterocycles. The minimum absolute atomic E-state index is 0.0916. The molecule has 0 amide bonds. The first kappa shape index (κ1) is 10.2. The van der Waals surface area contributed by atoms with E-state index in [2.05, 4.69) is 15.9 Å². The molecule has 2 unspecified atom stereocenters. The summed E-state index contributed by atoms with van der Waals surface area (Å²) in [6.45, 7) is 1.20. The van der Waals surface area contributed by atoms with Gasteiger partial charge in [0, 0.05) is 0 Å². The van der Waals surface area contributed by atoms with Crippen molar-refractivity contribution in [2.24, 2.45) is 5.73 Å². The van der Waals surface area contributed by atoms with Crippen LogP contribution in [0.1, 0.15) is 18.5 Å². The molecule has 4 nitrogen and oxygen atoms in total. The molecule has 78 valence electrons. The zero-order valence-electron chi connectivity index (χ0n) is 7.61. The molecule has 0 spiro atoms. The average molecular weight is 262 g/mol. The van der Waals surface area contributed by atoms with Crippen molar-refractivity contribution in [1.82, 2.24) is 0 Å². The van der Waals surface area contributed by atoms with E-state index in [1.165, 1.54) is 0 Å². The van der Waals surface area contributed by atoms with Crippen molar-refractivity contribution in [3.05, 3.63) is 22.6 Å². The highest BCUT2D eigenvalue weighted by molar-refractivity contribution is 9.10. The normalized spacial score (nSPS) is 27.0. The lowest BCUT2D eigenvalue weighted by Crippen LogP contribution is -2.15. The summed E-state index contributed by atoms with van der Waals surface area (Å²) in [4.78, 5) is 0. The van der Waals surface area contributed by atoms with Crippen molar-refractivity contribution < 1.29 is 13.9 Å². The van der Waals surface area contributed by atoms with Crippen LogP contribution in [0.4, 0.5) is 0 Å². The highest BCUT2D eigenvalue weighted by Crippen LogP contribution is 2.30. The zero-order valence-corrected chi connectivity index (χ0v) is 9.20. The molecular weight excluding hydrogens is 250 g/mol. The van der Waals surface area contributed by atoms with Crippen molar-refractivity contribution in [1.29, 1.82) is 0 Å². The molecule has 1 aromatic heterocycles. The second-order valence-electron chi connectivity index (χ2n) is 3.14. The molecule has 2 atom stereocenters. The van der Waals surface area contributed by atoms with Gasteiger partial charge >= 0.3 is 0 Å². The Morgan fingerprint density at radius 1 is 1.50 bits per heavy atom. The highest BCUT2D eigenvalue weighted by atomic mass is 79.9. The van der Waals surface area contributed by atoms with Gasteiger partial charge in [0.25, 0.3) is 0 Å². The Morgan fingerprint density at radius 3 is 3.00 bits per heavy atom. The monoisotopic (exact) mass is 261 g/mol. The van der Waals surface area contributed by atoms with Crippen LogP contribution in [0.15, 0.2) is 21.2 Å². The van der Waals surface area contributed by atoms with E-state index < -0.39 is 0 Å². The van der Waals surface area contributed by atoms with Gasteiger partial charge in [-0.05, 0) is 41.0 Å². The zero-order chi connectivity index (χ0) is 9.97. The molecule has 2 heterocycles. The summed E-state index contributed by atoms with van der Waals surface area (Å²) in [6.07, 6.45) is 0.532. The summed E-state index contributed by atoms with van der Waals surface area (Å²) >= 11 is 3.23. The van der Waals surface area contributed by atoms with E-state index in [9.17, 15) is 0 Å². The van der Waals surface area contributed by atoms with Crippen LogP contribution in [0, 0.1) is 0 Å².